The first kappa shape index (κ1) is 14.5. The summed E-state index contributed by atoms with van der Waals surface area (Å²) >= 11 is 0. The number of ether oxygens (including phenoxy) is 1. The van der Waals surface area contributed by atoms with E-state index >= 15 is 0 Å². The molecule has 1 N–H and O–H groups in total. The van der Waals surface area contributed by atoms with E-state index in [4.69, 9.17) is 4.74 Å². The molecule has 0 aromatic heterocycles. The summed E-state index contributed by atoms with van der Waals surface area (Å²) in [5.74, 6) is 0.887. The molecule has 1 aromatic rings. The number of hydrogen-bond acceptors (Lipinski definition) is 2. The standard InChI is InChI=1S/C17H27NO/c1-15(8-9-16-6-3-2-4-7-16)18-12-5-13-19-14-17-10-11-17/h2-4,6-7,15,17-18H,5,8-14H2,1H3. The molecule has 1 saturated carbocycles. The van der Waals surface area contributed by atoms with Gasteiger partial charge in [-0.05, 0) is 57.1 Å². The summed E-state index contributed by atoms with van der Waals surface area (Å²) < 4.78 is 5.63. The fourth-order valence-electron chi connectivity index (χ4n) is 2.19. The zero-order chi connectivity index (χ0) is 13.3. The van der Waals surface area contributed by atoms with E-state index < -0.39 is 0 Å². The van der Waals surface area contributed by atoms with Crippen LogP contribution < -0.4 is 5.32 Å². The molecule has 0 heterocycles. The van der Waals surface area contributed by atoms with Gasteiger partial charge in [0.2, 0.25) is 0 Å². The molecular formula is C17H27NO. The van der Waals surface area contributed by atoms with E-state index in [0.29, 0.717) is 6.04 Å². The minimum absolute atomic E-state index is 0.587. The molecule has 0 radical (unpaired) electrons. The van der Waals surface area contributed by atoms with Gasteiger partial charge < -0.3 is 10.1 Å². The lowest BCUT2D eigenvalue weighted by atomic mass is 10.1. The van der Waals surface area contributed by atoms with Crippen molar-refractivity contribution in [3.63, 3.8) is 0 Å². The Balaban J connectivity index is 1.44. The molecule has 106 valence electrons. The van der Waals surface area contributed by atoms with Crippen LogP contribution in [0.4, 0.5) is 0 Å². The summed E-state index contributed by atoms with van der Waals surface area (Å²) in [7, 11) is 0. The third-order valence-corrected chi connectivity index (χ3v) is 3.72. The molecule has 2 nitrogen and oxygen atoms in total. The Morgan fingerprint density at radius 3 is 2.79 bits per heavy atom. The monoisotopic (exact) mass is 261 g/mol. The Kier molecular flexibility index (Phi) is 6.38. The molecule has 1 aliphatic carbocycles. The van der Waals surface area contributed by atoms with Gasteiger partial charge in [-0.25, -0.2) is 0 Å². The first-order chi connectivity index (χ1) is 9.34. The quantitative estimate of drug-likeness (QED) is 0.652. The van der Waals surface area contributed by atoms with E-state index in [1.165, 1.54) is 24.8 Å². The molecule has 1 aliphatic rings. The van der Waals surface area contributed by atoms with Crippen LogP contribution in [0.2, 0.25) is 0 Å². The molecule has 0 saturated heterocycles. The van der Waals surface area contributed by atoms with Gasteiger partial charge in [0.05, 0.1) is 0 Å². The average molecular weight is 261 g/mol. The highest BCUT2D eigenvalue weighted by atomic mass is 16.5. The fourth-order valence-corrected chi connectivity index (χ4v) is 2.19. The van der Waals surface area contributed by atoms with Crippen LogP contribution >= 0.6 is 0 Å². The van der Waals surface area contributed by atoms with Gasteiger partial charge in [-0.3, -0.25) is 0 Å². The van der Waals surface area contributed by atoms with Crippen LogP contribution in [0.3, 0.4) is 0 Å². The topological polar surface area (TPSA) is 21.3 Å². The van der Waals surface area contributed by atoms with Gasteiger partial charge in [-0.1, -0.05) is 30.3 Å². The highest BCUT2D eigenvalue weighted by molar-refractivity contribution is 5.14. The molecule has 2 rings (SSSR count). The molecule has 1 atom stereocenters. The Bertz CT molecular complexity index is 334. The van der Waals surface area contributed by atoms with Crippen LogP contribution in [-0.4, -0.2) is 25.8 Å². The molecule has 1 aromatic carbocycles. The van der Waals surface area contributed by atoms with Crippen LogP contribution in [0.15, 0.2) is 30.3 Å². The Morgan fingerprint density at radius 1 is 1.26 bits per heavy atom. The van der Waals surface area contributed by atoms with E-state index in [9.17, 15) is 0 Å². The summed E-state index contributed by atoms with van der Waals surface area (Å²) in [6.07, 6.45) is 6.26. The lowest BCUT2D eigenvalue weighted by Gasteiger charge is -2.13. The van der Waals surface area contributed by atoms with E-state index in [1.54, 1.807) is 0 Å². The average Bonchev–Trinajstić information content (AvgIpc) is 3.26. The second-order valence-electron chi connectivity index (χ2n) is 5.75. The molecule has 2 heteroatoms. The molecule has 0 spiro atoms. The predicted octanol–water partition coefficient (Wildman–Crippen LogP) is 3.41. The summed E-state index contributed by atoms with van der Waals surface area (Å²) in [5.41, 5.74) is 1.43. The number of nitrogens with one attached hydrogen (secondary N) is 1. The van der Waals surface area contributed by atoms with E-state index in [0.717, 1.165) is 38.5 Å². The zero-order valence-electron chi connectivity index (χ0n) is 12.1. The molecule has 19 heavy (non-hydrogen) atoms. The summed E-state index contributed by atoms with van der Waals surface area (Å²) in [6.45, 7) is 5.24. The highest BCUT2D eigenvalue weighted by Gasteiger charge is 2.20. The van der Waals surface area contributed by atoms with E-state index in [1.807, 2.05) is 0 Å². The zero-order valence-corrected chi connectivity index (χ0v) is 12.1. The minimum Gasteiger partial charge on any atom is -0.381 e. The molecule has 1 fully saturated rings. The summed E-state index contributed by atoms with van der Waals surface area (Å²) in [6, 6.07) is 11.3. The number of benzene rings is 1. The van der Waals surface area contributed by atoms with Gasteiger partial charge in [0.15, 0.2) is 0 Å². The van der Waals surface area contributed by atoms with Crippen molar-refractivity contribution in [3.8, 4) is 0 Å². The van der Waals surface area contributed by atoms with Crippen LogP contribution in [-0.2, 0) is 11.2 Å². The Morgan fingerprint density at radius 2 is 2.05 bits per heavy atom. The minimum atomic E-state index is 0.587. The largest absolute Gasteiger partial charge is 0.381 e. The van der Waals surface area contributed by atoms with Crippen LogP contribution in [0.5, 0.6) is 0 Å². The smallest absolute Gasteiger partial charge is 0.0494 e. The van der Waals surface area contributed by atoms with Crippen molar-refractivity contribution < 1.29 is 4.74 Å². The molecule has 0 amide bonds. The van der Waals surface area contributed by atoms with Crippen LogP contribution in [0.1, 0.15) is 38.2 Å². The maximum Gasteiger partial charge on any atom is 0.0494 e. The lowest BCUT2D eigenvalue weighted by Crippen LogP contribution is -2.28. The third kappa shape index (κ3) is 6.74. The van der Waals surface area contributed by atoms with Gasteiger partial charge in [-0.2, -0.15) is 0 Å². The molecule has 1 unspecified atom stereocenters. The van der Waals surface area contributed by atoms with E-state index in [2.05, 4.69) is 42.6 Å². The van der Waals surface area contributed by atoms with Gasteiger partial charge in [-0.15, -0.1) is 0 Å². The van der Waals surface area contributed by atoms with Gasteiger partial charge in [0.25, 0.3) is 0 Å². The molecule has 0 bridgehead atoms. The first-order valence-corrected chi connectivity index (χ1v) is 7.69. The van der Waals surface area contributed by atoms with Crippen molar-refractivity contribution in [3.05, 3.63) is 35.9 Å². The van der Waals surface area contributed by atoms with Crippen molar-refractivity contribution in [1.29, 1.82) is 0 Å². The van der Waals surface area contributed by atoms with Crippen LogP contribution in [0.25, 0.3) is 0 Å². The maximum absolute atomic E-state index is 5.63. The van der Waals surface area contributed by atoms with Gasteiger partial charge in [0.1, 0.15) is 0 Å². The fraction of sp³-hybridized carbons (Fsp3) is 0.647. The lowest BCUT2D eigenvalue weighted by molar-refractivity contribution is 0.121. The van der Waals surface area contributed by atoms with Gasteiger partial charge in [0, 0.05) is 19.3 Å². The maximum atomic E-state index is 5.63. The van der Waals surface area contributed by atoms with Crippen molar-refractivity contribution in [2.24, 2.45) is 5.92 Å². The van der Waals surface area contributed by atoms with Crippen molar-refractivity contribution >= 4 is 0 Å². The van der Waals surface area contributed by atoms with Gasteiger partial charge >= 0.3 is 0 Å². The summed E-state index contributed by atoms with van der Waals surface area (Å²) in [4.78, 5) is 0. The van der Waals surface area contributed by atoms with E-state index in [-0.39, 0.29) is 0 Å². The predicted molar refractivity (Wildman–Crippen MR) is 80.4 cm³/mol. The number of hydrogen-bond donors (Lipinski definition) is 1. The molecule has 0 aliphatic heterocycles. The normalized spacial score (nSPS) is 16.5. The first-order valence-electron chi connectivity index (χ1n) is 7.69. The number of rotatable bonds is 10. The third-order valence-electron chi connectivity index (χ3n) is 3.72. The number of aryl methyl sites for hydroxylation is 1. The van der Waals surface area contributed by atoms with Crippen molar-refractivity contribution in [2.45, 2.75) is 45.1 Å². The van der Waals surface area contributed by atoms with Crippen molar-refractivity contribution in [2.75, 3.05) is 19.8 Å². The Labute approximate surface area is 117 Å². The van der Waals surface area contributed by atoms with Crippen molar-refractivity contribution in [1.82, 2.24) is 5.32 Å². The SMILES string of the molecule is CC(CCc1ccccc1)NCCCOCC1CC1. The second kappa shape index (κ2) is 8.34. The molecular weight excluding hydrogens is 234 g/mol. The van der Waals surface area contributed by atoms with Crippen LogP contribution in [0, 0.1) is 5.92 Å². The highest BCUT2D eigenvalue weighted by Crippen LogP contribution is 2.28. The second-order valence-corrected chi connectivity index (χ2v) is 5.75. The Hall–Kier alpha value is -0.860. The summed E-state index contributed by atoms with van der Waals surface area (Å²) in [5, 5.41) is 3.58.